The van der Waals surface area contributed by atoms with Crippen molar-refractivity contribution in [2.75, 3.05) is 12.4 Å². The van der Waals surface area contributed by atoms with Crippen LogP contribution >= 0.6 is 11.3 Å². The van der Waals surface area contributed by atoms with E-state index in [1.165, 1.54) is 24.1 Å². The summed E-state index contributed by atoms with van der Waals surface area (Å²) >= 11 is 1.64. The van der Waals surface area contributed by atoms with Crippen LogP contribution in [-0.4, -0.2) is 18.1 Å². The zero-order chi connectivity index (χ0) is 11.3. The zero-order valence-corrected chi connectivity index (χ0v) is 10.1. The average molecular weight is 237 g/mol. The molecular formula is C12H15NO2S. The van der Waals surface area contributed by atoms with Crippen LogP contribution < -0.4 is 5.32 Å². The van der Waals surface area contributed by atoms with E-state index in [0.717, 1.165) is 23.4 Å². The highest BCUT2D eigenvalue weighted by Crippen LogP contribution is 2.57. The molecule has 86 valence electrons. The van der Waals surface area contributed by atoms with Gasteiger partial charge in [-0.3, -0.25) is 0 Å². The number of hydrogen-bond donors (Lipinski definition) is 2. The maximum atomic E-state index is 11.3. The molecule has 1 saturated carbocycles. The van der Waals surface area contributed by atoms with Gasteiger partial charge in [0.1, 0.15) is 5.00 Å². The SMILES string of the molecule is CNc1sc2c(c1C(=O)O)CCC1(CC1)C2. The van der Waals surface area contributed by atoms with Crippen molar-refractivity contribution >= 4 is 22.3 Å². The Labute approximate surface area is 98.5 Å². The molecule has 0 unspecified atom stereocenters. The first-order valence-electron chi connectivity index (χ1n) is 5.71. The molecule has 2 N–H and O–H groups in total. The molecule has 0 atom stereocenters. The number of carboxylic acids is 1. The molecule has 1 heterocycles. The van der Waals surface area contributed by atoms with Gasteiger partial charge in [0, 0.05) is 11.9 Å². The average Bonchev–Trinajstić information content (AvgIpc) is 2.89. The molecule has 0 radical (unpaired) electrons. The first kappa shape index (κ1) is 10.1. The highest BCUT2D eigenvalue weighted by molar-refractivity contribution is 7.16. The minimum Gasteiger partial charge on any atom is -0.478 e. The van der Waals surface area contributed by atoms with Crippen molar-refractivity contribution in [2.24, 2.45) is 5.41 Å². The van der Waals surface area contributed by atoms with Gasteiger partial charge in [0.2, 0.25) is 0 Å². The predicted octanol–water partition coefficient (Wildman–Crippen LogP) is 2.76. The Morgan fingerprint density at radius 3 is 2.75 bits per heavy atom. The van der Waals surface area contributed by atoms with Crippen LogP contribution in [0.2, 0.25) is 0 Å². The van der Waals surface area contributed by atoms with Crippen LogP contribution in [-0.2, 0) is 12.8 Å². The van der Waals surface area contributed by atoms with E-state index in [9.17, 15) is 9.90 Å². The summed E-state index contributed by atoms with van der Waals surface area (Å²) in [6, 6.07) is 0. The minimum atomic E-state index is -0.784. The fourth-order valence-electron chi connectivity index (χ4n) is 2.74. The molecule has 0 saturated heterocycles. The molecule has 4 heteroatoms. The number of hydrogen-bond acceptors (Lipinski definition) is 3. The lowest BCUT2D eigenvalue weighted by Crippen LogP contribution is -2.15. The van der Waals surface area contributed by atoms with Crippen molar-refractivity contribution in [3.05, 3.63) is 16.0 Å². The molecule has 0 aliphatic heterocycles. The molecule has 1 aromatic heterocycles. The smallest absolute Gasteiger partial charge is 0.338 e. The summed E-state index contributed by atoms with van der Waals surface area (Å²) in [5.74, 6) is -0.784. The summed E-state index contributed by atoms with van der Waals surface area (Å²) in [6.45, 7) is 0. The van der Waals surface area contributed by atoms with Crippen LogP contribution in [0.5, 0.6) is 0 Å². The number of fused-ring (bicyclic) bond motifs is 1. The molecule has 0 amide bonds. The van der Waals surface area contributed by atoms with Crippen LogP contribution in [0.4, 0.5) is 5.00 Å². The zero-order valence-electron chi connectivity index (χ0n) is 9.30. The van der Waals surface area contributed by atoms with Crippen molar-refractivity contribution in [2.45, 2.75) is 32.1 Å². The maximum Gasteiger partial charge on any atom is 0.338 e. The van der Waals surface area contributed by atoms with Crippen molar-refractivity contribution in [1.29, 1.82) is 0 Å². The van der Waals surface area contributed by atoms with Gasteiger partial charge in [-0.2, -0.15) is 0 Å². The van der Waals surface area contributed by atoms with Crippen molar-refractivity contribution in [3.8, 4) is 0 Å². The second-order valence-electron chi connectivity index (χ2n) is 4.94. The number of carboxylic acid groups (broad SMARTS) is 1. The molecule has 1 fully saturated rings. The fourth-order valence-corrected chi connectivity index (χ4v) is 4.11. The van der Waals surface area contributed by atoms with Gasteiger partial charge in [-0.1, -0.05) is 0 Å². The van der Waals surface area contributed by atoms with Crippen molar-refractivity contribution < 1.29 is 9.90 Å². The number of rotatable bonds is 2. The summed E-state index contributed by atoms with van der Waals surface area (Å²) in [6.07, 6.45) is 5.91. The second-order valence-corrected chi connectivity index (χ2v) is 6.05. The van der Waals surface area contributed by atoms with Crippen LogP contribution in [0.25, 0.3) is 0 Å². The Kier molecular flexibility index (Phi) is 2.05. The minimum absolute atomic E-state index is 0.526. The summed E-state index contributed by atoms with van der Waals surface area (Å²) in [5, 5.41) is 13.1. The molecular weight excluding hydrogens is 222 g/mol. The Balaban J connectivity index is 2.06. The topological polar surface area (TPSA) is 49.3 Å². The van der Waals surface area contributed by atoms with E-state index in [-0.39, 0.29) is 0 Å². The number of nitrogens with one attached hydrogen (secondary N) is 1. The monoisotopic (exact) mass is 237 g/mol. The van der Waals surface area contributed by atoms with Gasteiger partial charge in [-0.15, -0.1) is 11.3 Å². The summed E-state index contributed by atoms with van der Waals surface area (Å²) in [5.41, 5.74) is 2.18. The maximum absolute atomic E-state index is 11.3. The summed E-state index contributed by atoms with van der Waals surface area (Å²) in [4.78, 5) is 12.6. The lowest BCUT2D eigenvalue weighted by molar-refractivity contribution is 0.0696. The molecule has 3 nitrogen and oxygen atoms in total. The quantitative estimate of drug-likeness (QED) is 0.831. The Morgan fingerprint density at radius 1 is 1.44 bits per heavy atom. The van der Waals surface area contributed by atoms with Crippen LogP contribution in [0.15, 0.2) is 0 Å². The van der Waals surface area contributed by atoms with Crippen LogP contribution in [0.1, 0.15) is 40.1 Å². The van der Waals surface area contributed by atoms with E-state index < -0.39 is 5.97 Å². The number of thiophene rings is 1. The van der Waals surface area contributed by atoms with E-state index >= 15 is 0 Å². The molecule has 2 aliphatic carbocycles. The number of carbonyl (C=O) groups is 1. The Hall–Kier alpha value is -1.03. The van der Waals surface area contributed by atoms with Gasteiger partial charge in [-0.25, -0.2) is 4.79 Å². The highest BCUT2D eigenvalue weighted by atomic mass is 32.1. The third-order valence-electron chi connectivity index (χ3n) is 3.93. The first-order valence-corrected chi connectivity index (χ1v) is 6.52. The summed E-state index contributed by atoms with van der Waals surface area (Å²) in [7, 11) is 1.80. The lowest BCUT2D eigenvalue weighted by Gasteiger charge is -2.21. The molecule has 3 rings (SSSR count). The molecule has 16 heavy (non-hydrogen) atoms. The van der Waals surface area contributed by atoms with Gasteiger partial charge in [0.15, 0.2) is 0 Å². The van der Waals surface area contributed by atoms with E-state index in [1.807, 2.05) is 0 Å². The standard InChI is InChI=1S/C12H15NO2S/c1-13-10-9(11(14)15)7-2-3-12(4-5-12)6-8(7)16-10/h13H,2-6H2,1H3,(H,14,15). The Bertz CT molecular complexity index is 460. The molecule has 1 aromatic rings. The molecule has 0 aromatic carbocycles. The van der Waals surface area contributed by atoms with E-state index in [4.69, 9.17) is 0 Å². The number of aromatic carboxylic acids is 1. The second kappa shape index (κ2) is 3.23. The first-order chi connectivity index (χ1) is 7.65. The highest BCUT2D eigenvalue weighted by Gasteiger charge is 2.46. The third-order valence-corrected chi connectivity index (χ3v) is 5.18. The van der Waals surface area contributed by atoms with Crippen LogP contribution in [0, 0.1) is 5.41 Å². The lowest BCUT2D eigenvalue weighted by atomic mass is 9.85. The normalized spacial score (nSPS) is 20.6. The third kappa shape index (κ3) is 1.36. The fraction of sp³-hybridized carbons (Fsp3) is 0.583. The van der Waals surface area contributed by atoms with Gasteiger partial charge in [0.05, 0.1) is 5.56 Å². The van der Waals surface area contributed by atoms with Crippen LogP contribution in [0.3, 0.4) is 0 Å². The van der Waals surface area contributed by atoms with Gasteiger partial charge < -0.3 is 10.4 Å². The van der Waals surface area contributed by atoms with E-state index in [1.54, 1.807) is 18.4 Å². The van der Waals surface area contributed by atoms with Gasteiger partial charge in [-0.05, 0) is 43.1 Å². The molecule has 0 bridgehead atoms. The van der Waals surface area contributed by atoms with E-state index in [0.29, 0.717) is 11.0 Å². The predicted molar refractivity (Wildman–Crippen MR) is 64.5 cm³/mol. The summed E-state index contributed by atoms with van der Waals surface area (Å²) < 4.78 is 0. The molecule has 2 aliphatic rings. The van der Waals surface area contributed by atoms with Gasteiger partial charge in [0.25, 0.3) is 0 Å². The van der Waals surface area contributed by atoms with Gasteiger partial charge >= 0.3 is 5.97 Å². The van der Waals surface area contributed by atoms with Crippen molar-refractivity contribution in [1.82, 2.24) is 0 Å². The van der Waals surface area contributed by atoms with Crippen molar-refractivity contribution in [3.63, 3.8) is 0 Å². The van der Waals surface area contributed by atoms with E-state index in [2.05, 4.69) is 5.32 Å². The largest absolute Gasteiger partial charge is 0.478 e. The Morgan fingerprint density at radius 2 is 2.19 bits per heavy atom. The molecule has 1 spiro atoms. The number of anilines is 1.